The average Bonchev–Trinajstić information content (AvgIpc) is 1.85. The molecule has 0 aromatic carbocycles. The first-order chi connectivity index (χ1) is 4.89. The van der Waals surface area contributed by atoms with Gasteiger partial charge in [-0.25, -0.2) is 9.18 Å². The Morgan fingerprint density at radius 1 is 1.62 bits per heavy atom. The molecule has 0 fully saturated rings. The van der Waals surface area contributed by atoms with E-state index in [0.717, 1.165) is 0 Å². The van der Waals surface area contributed by atoms with Gasteiger partial charge in [0.25, 0.3) is 0 Å². The first kappa shape index (κ1) is 19.0. The number of carbonyl (C=O) groups excluding carboxylic acids is 1. The molecule has 13 heavy (non-hydrogen) atoms. The molecule has 1 N–H and O–H groups in total. The number of hydrogen-bond acceptors (Lipinski definition) is 3. The SMILES string of the molecule is [CH2-]C(C)(C)C(F)C(=O)OCC.[Na+].[OH-]. The van der Waals surface area contributed by atoms with Crippen molar-refractivity contribution in [3.8, 4) is 0 Å². The quantitative estimate of drug-likeness (QED) is 0.320. The third kappa shape index (κ3) is 7.43. The van der Waals surface area contributed by atoms with Gasteiger partial charge in [-0.1, -0.05) is 13.8 Å². The zero-order valence-corrected chi connectivity index (χ0v) is 10.6. The topological polar surface area (TPSA) is 56.3 Å². The van der Waals surface area contributed by atoms with Gasteiger partial charge in [-0.2, -0.15) is 0 Å². The Morgan fingerprint density at radius 2 is 2.00 bits per heavy atom. The van der Waals surface area contributed by atoms with Crippen molar-refractivity contribution in [2.24, 2.45) is 5.41 Å². The molecule has 74 valence electrons. The molecule has 0 saturated carbocycles. The van der Waals surface area contributed by atoms with Crippen molar-refractivity contribution in [2.75, 3.05) is 6.61 Å². The molecule has 0 aliphatic heterocycles. The number of halogens is 1. The van der Waals surface area contributed by atoms with Crippen LogP contribution in [0.1, 0.15) is 20.8 Å². The van der Waals surface area contributed by atoms with Gasteiger partial charge in [0, 0.05) is 0 Å². The van der Waals surface area contributed by atoms with Gasteiger partial charge in [-0.05, 0) is 6.92 Å². The molecule has 0 rings (SSSR count). The predicted molar refractivity (Wildman–Crippen MR) is 42.6 cm³/mol. The Kier molecular flexibility index (Phi) is 11.3. The third-order valence-corrected chi connectivity index (χ3v) is 1.18. The van der Waals surface area contributed by atoms with Crippen LogP contribution in [-0.4, -0.2) is 24.2 Å². The molecular weight excluding hydrogens is 186 g/mol. The average molecular weight is 201 g/mol. The second-order valence-electron chi connectivity index (χ2n) is 3.10. The van der Waals surface area contributed by atoms with Crippen molar-refractivity contribution in [3.63, 3.8) is 0 Å². The molecule has 1 unspecified atom stereocenters. The van der Waals surface area contributed by atoms with E-state index in [1.54, 1.807) is 20.8 Å². The first-order valence-electron chi connectivity index (χ1n) is 3.55. The first-order valence-corrected chi connectivity index (χ1v) is 3.55. The van der Waals surface area contributed by atoms with Crippen molar-refractivity contribution in [3.05, 3.63) is 6.92 Å². The van der Waals surface area contributed by atoms with E-state index in [0.29, 0.717) is 0 Å². The molecule has 0 radical (unpaired) electrons. The smallest absolute Gasteiger partial charge is 0.870 e. The van der Waals surface area contributed by atoms with Gasteiger partial charge in [0.15, 0.2) is 6.17 Å². The van der Waals surface area contributed by atoms with Crippen LogP contribution in [0.4, 0.5) is 4.39 Å². The molecule has 0 aromatic heterocycles. The molecule has 3 nitrogen and oxygen atoms in total. The molecule has 0 amide bonds. The number of rotatable bonds is 3. The Hall–Kier alpha value is 0.360. The number of alkyl halides is 1. The Labute approximate surface area is 101 Å². The van der Waals surface area contributed by atoms with Crippen LogP contribution in [0.15, 0.2) is 0 Å². The zero-order valence-electron chi connectivity index (χ0n) is 8.63. The molecule has 0 saturated heterocycles. The summed E-state index contributed by atoms with van der Waals surface area (Å²) in [6, 6.07) is 0. The fraction of sp³-hybridized carbons (Fsp3) is 0.750. The molecule has 0 aromatic rings. The van der Waals surface area contributed by atoms with E-state index in [9.17, 15) is 9.18 Å². The summed E-state index contributed by atoms with van der Waals surface area (Å²) < 4.78 is 17.4. The van der Waals surface area contributed by atoms with Gasteiger partial charge >= 0.3 is 35.5 Å². The van der Waals surface area contributed by atoms with Crippen molar-refractivity contribution in [2.45, 2.75) is 26.9 Å². The molecule has 0 heterocycles. The maximum Gasteiger partial charge on any atom is 1.00 e. The summed E-state index contributed by atoms with van der Waals surface area (Å²) >= 11 is 0. The molecule has 0 aliphatic rings. The van der Waals surface area contributed by atoms with Crippen LogP contribution in [0.2, 0.25) is 0 Å². The van der Waals surface area contributed by atoms with Crippen molar-refractivity contribution in [1.82, 2.24) is 0 Å². The number of carbonyl (C=O) groups is 1. The van der Waals surface area contributed by atoms with Gasteiger partial charge in [-0.15, -0.1) is 5.41 Å². The van der Waals surface area contributed by atoms with Crippen LogP contribution in [0.5, 0.6) is 0 Å². The largest absolute Gasteiger partial charge is 1.00 e. The van der Waals surface area contributed by atoms with E-state index < -0.39 is 17.6 Å². The maximum atomic E-state index is 13.0. The van der Waals surface area contributed by atoms with Crippen molar-refractivity contribution >= 4 is 5.97 Å². The summed E-state index contributed by atoms with van der Waals surface area (Å²) in [6.45, 7) is 8.44. The van der Waals surface area contributed by atoms with Crippen LogP contribution in [0, 0.1) is 12.3 Å². The summed E-state index contributed by atoms with van der Waals surface area (Å²) in [4.78, 5) is 10.8. The van der Waals surface area contributed by atoms with E-state index in [1.807, 2.05) is 0 Å². The van der Waals surface area contributed by atoms with Crippen molar-refractivity contribution < 1.29 is 49.0 Å². The Morgan fingerprint density at radius 3 is 2.23 bits per heavy atom. The van der Waals surface area contributed by atoms with Gasteiger partial charge in [0.1, 0.15) is 0 Å². The summed E-state index contributed by atoms with van der Waals surface area (Å²) in [5.41, 5.74) is -0.910. The Bertz CT molecular complexity index is 145. The summed E-state index contributed by atoms with van der Waals surface area (Å²) in [6.07, 6.45) is -1.64. The fourth-order valence-electron chi connectivity index (χ4n) is 0.534. The number of esters is 1. The van der Waals surface area contributed by atoms with Gasteiger partial charge in [0.05, 0.1) is 6.61 Å². The predicted octanol–water partition coefficient (Wildman–Crippen LogP) is -1.42. The summed E-state index contributed by atoms with van der Waals surface area (Å²) in [5.74, 6) is -0.826. The molecule has 5 heteroatoms. The Balaban J connectivity index is -0.000000500. The monoisotopic (exact) mass is 201 g/mol. The summed E-state index contributed by atoms with van der Waals surface area (Å²) in [7, 11) is 0. The van der Waals surface area contributed by atoms with Crippen LogP contribution in [0.25, 0.3) is 0 Å². The zero-order chi connectivity index (χ0) is 9.07. The number of ether oxygens (including phenoxy) is 1. The van der Waals surface area contributed by atoms with Gasteiger partial charge < -0.3 is 17.1 Å². The van der Waals surface area contributed by atoms with Gasteiger partial charge in [-0.3, -0.25) is 0 Å². The van der Waals surface area contributed by atoms with E-state index in [1.165, 1.54) is 0 Å². The van der Waals surface area contributed by atoms with Crippen LogP contribution in [0.3, 0.4) is 0 Å². The standard InChI is InChI=1S/C8H14FO2.Na.H2O/c1-5-11-7(10)6(9)8(2,3)4;;/h6H,2,5H2,1,3-4H3;;1H2/q-1;+1;/p-1. The fourth-order valence-corrected chi connectivity index (χ4v) is 0.534. The minimum Gasteiger partial charge on any atom is -0.870 e. The van der Waals surface area contributed by atoms with E-state index in [4.69, 9.17) is 0 Å². The normalized spacial score (nSPS) is 12.1. The van der Waals surface area contributed by atoms with Crippen LogP contribution in [-0.2, 0) is 9.53 Å². The van der Waals surface area contributed by atoms with E-state index in [-0.39, 0.29) is 41.6 Å². The van der Waals surface area contributed by atoms with Gasteiger partial charge in [0.2, 0.25) is 0 Å². The minimum absolute atomic E-state index is 0. The van der Waals surface area contributed by atoms with Crippen LogP contribution < -0.4 is 29.6 Å². The second kappa shape index (κ2) is 7.74. The summed E-state index contributed by atoms with van der Waals surface area (Å²) in [5, 5.41) is 0. The maximum absolute atomic E-state index is 13.0. The second-order valence-corrected chi connectivity index (χ2v) is 3.10. The number of hydrogen-bond donors (Lipinski definition) is 0. The molecule has 0 spiro atoms. The van der Waals surface area contributed by atoms with E-state index >= 15 is 0 Å². The molecular formula is C8H15FNaO3-. The minimum atomic E-state index is -1.64. The molecule has 0 aliphatic carbocycles. The molecule has 1 atom stereocenters. The third-order valence-electron chi connectivity index (χ3n) is 1.18. The van der Waals surface area contributed by atoms with Crippen molar-refractivity contribution in [1.29, 1.82) is 0 Å². The van der Waals surface area contributed by atoms with E-state index in [2.05, 4.69) is 11.7 Å². The molecule has 0 bridgehead atoms. The van der Waals surface area contributed by atoms with Crippen LogP contribution >= 0.6 is 0 Å².